The van der Waals surface area contributed by atoms with E-state index in [1.54, 1.807) is 24.3 Å². The van der Waals surface area contributed by atoms with Gasteiger partial charge in [0.2, 0.25) is 5.91 Å². The normalized spacial score (nSPS) is 23.9. The monoisotopic (exact) mass is 410 g/mol. The van der Waals surface area contributed by atoms with E-state index < -0.39 is 0 Å². The van der Waals surface area contributed by atoms with Crippen molar-refractivity contribution in [1.82, 2.24) is 15.2 Å². The minimum Gasteiger partial charge on any atom is -0.349 e. The van der Waals surface area contributed by atoms with Gasteiger partial charge in [-0.3, -0.25) is 14.6 Å². The van der Waals surface area contributed by atoms with Crippen molar-refractivity contribution in [2.24, 2.45) is 11.7 Å². The molecule has 2 fully saturated rings. The van der Waals surface area contributed by atoms with Gasteiger partial charge in [0.15, 0.2) is 0 Å². The van der Waals surface area contributed by atoms with Crippen LogP contribution in [-0.2, 0) is 4.79 Å². The number of aromatic nitrogens is 1. The first kappa shape index (κ1) is 20.5. The van der Waals surface area contributed by atoms with Gasteiger partial charge < -0.3 is 16.0 Å². The van der Waals surface area contributed by atoms with Crippen LogP contribution in [0.25, 0.3) is 11.3 Å². The number of likely N-dealkylation sites (tertiary alicyclic amines) is 1. The summed E-state index contributed by atoms with van der Waals surface area (Å²) in [6.45, 7) is 1.42. The molecule has 6 nitrogen and oxygen atoms in total. The molecule has 1 aliphatic carbocycles. The molecule has 0 spiro atoms. The summed E-state index contributed by atoms with van der Waals surface area (Å²) in [5.41, 5.74) is 7.67. The number of amides is 2. The molecule has 0 radical (unpaired) electrons. The Bertz CT molecular complexity index is 910. The van der Waals surface area contributed by atoms with Crippen LogP contribution in [0.15, 0.2) is 42.6 Å². The van der Waals surface area contributed by atoms with Gasteiger partial charge >= 0.3 is 0 Å². The van der Waals surface area contributed by atoms with E-state index in [0.29, 0.717) is 23.4 Å². The summed E-state index contributed by atoms with van der Waals surface area (Å²) in [6, 6.07) is 9.79. The highest BCUT2D eigenvalue weighted by atomic mass is 19.1. The summed E-state index contributed by atoms with van der Waals surface area (Å²) in [5, 5.41) is 3.06. The Kier molecular flexibility index (Phi) is 6.08. The Labute approximate surface area is 175 Å². The van der Waals surface area contributed by atoms with E-state index in [-0.39, 0.29) is 35.6 Å². The van der Waals surface area contributed by atoms with E-state index in [1.807, 2.05) is 4.90 Å². The summed E-state index contributed by atoms with van der Waals surface area (Å²) < 4.78 is 13.4. The van der Waals surface area contributed by atoms with E-state index in [4.69, 9.17) is 5.73 Å². The summed E-state index contributed by atoms with van der Waals surface area (Å²) in [4.78, 5) is 31.4. The Hall–Kier alpha value is -2.80. The molecule has 30 heavy (non-hydrogen) atoms. The Morgan fingerprint density at radius 1 is 1.10 bits per heavy atom. The maximum absolute atomic E-state index is 13.4. The lowest BCUT2D eigenvalue weighted by molar-refractivity contribution is -0.135. The number of nitrogens with one attached hydrogen (secondary N) is 1. The van der Waals surface area contributed by atoms with Crippen LogP contribution in [0.3, 0.4) is 0 Å². The first-order valence-electron chi connectivity index (χ1n) is 10.6. The molecule has 1 aromatic carbocycles. The minimum atomic E-state index is -0.321. The predicted molar refractivity (Wildman–Crippen MR) is 112 cm³/mol. The van der Waals surface area contributed by atoms with Crippen LogP contribution in [0.2, 0.25) is 0 Å². The third kappa shape index (κ3) is 4.67. The number of benzene rings is 1. The average molecular weight is 410 g/mol. The Balaban J connectivity index is 1.29. The van der Waals surface area contributed by atoms with Crippen molar-refractivity contribution >= 4 is 11.8 Å². The van der Waals surface area contributed by atoms with Crippen LogP contribution in [0, 0.1) is 11.7 Å². The number of hydrogen-bond donors (Lipinski definition) is 2. The number of halogens is 1. The highest BCUT2D eigenvalue weighted by Crippen LogP contribution is 2.27. The highest BCUT2D eigenvalue weighted by molar-refractivity contribution is 5.94. The van der Waals surface area contributed by atoms with Crippen LogP contribution in [0.1, 0.15) is 42.5 Å². The van der Waals surface area contributed by atoms with E-state index in [1.165, 1.54) is 18.3 Å². The molecule has 1 aliphatic heterocycles. The van der Waals surface area contributed by atoms with Gasteiger partial charge in [-0.15, -0.1) is 0 Å². The maximum atomic E-state index is 13.4. The van der Waals surface area contributed by atoms with Gasteiger partial charge in [0.05, 0.1) is 11.3 Å². The molecule has 2 amide bonds. The number of carbonyl (C=O) groups is 2. The minimum absolute atomic E-state index is 0.0377. The van der Waals surface area contributed by atoms with Gasteiger partial charge in [0, 0.05) is 42.9 Å². The first-order valence-corrected chi connectivity index (χ1v) is 10.6. The van der Waals surface area contributed by atoms with Crippen LogP contribution >= 0.6 is 0 Å². The van der Waals surface area contributed by atoms with Crippen molar-refractivity contribution < 1.29 is 14.0 Å². The van der Waals surface area contributed by atoms with E-state index in [9.17, 15) is 14.0 Å². The number of nitrogens with zero attached hydrogens (tertiary/aromatic N) is 2. The number of carbonyl (C=O) groups excluding carboxylic acids is 2. The summed E-state index contributed by atoms with van der Waals surface area (Å²) in [5.74, 6) is -0.244. The highest BCUT2D eigenvalue weighted by Gasteiger charge is 2.32. The molecule has 0 unspecified atom stereocenters. The molecule has 4 rings (SSSR count). The van der Waals surface area contributed by atoms with Gasteiger partial charge in [-0.2, -0.15) is 0 Å². The maximum Gasteiger partial charge on any atom is 0.253 e. The third-order valence-corrected chi connectivity index (χ3v) is 6.09. The molecule has 1 atom stereocenters. The number of rotatable bonds is 4. The van der Waals surface area contributed by atoms with Crippen LogP contribution in [0.4, 0.5) is 4.39 Å². The van der Waals surface area contributed by atoms with Crippen LogP contribution in [-0.4, -0.2) is 46.9 Å². The standard InChI is InChI=1S/C23H27FN4O2/c24-18-3-1-2-16(12-18)21-9-6-17(13-26-21)22(29)27-20-7-4-15(5-8-20)23(30)28-11-10-19(25)14-28/h1-3,6,9,12-13,15,19-20H,4-5,7-8,10-11,14,25H2,(H,27,29)/t15?,19-,20?/m0/s1. The quantitative estimate of drug-likeness (QED) is 0.811. The second kappa shape index (κ2) is 8.92. The molecular formula is C23H27FN4O2. The van der Waals surface area contributed by atoms with E-state index in [2.05, 4.69) is 10.3 Å². The molecule has 2 aromatic rings. The van der Waals surface area contributed by atoms with Crippen molar-refractivity contribution in [3.05, 3.63) is 54.0 Å². The van der Waals surface area contributed by atoms with E-state index >= 15 is 0 Å². The van der Waals surface area contributed by atoms with Gasteiger partial charge in [-0.25, -0.2) is 4.39 Å². The topological polar surface area (TPSA) is 88.3 Å². The zero-order valence-electron chi connectivity index (χ0n) is 16.9. The van der Waals surface area contributed by atoms with Crippen LogP contribution < -0.4 is 11.1 Å². The summed E-state index contributed by atoms with van der Waals surface area (Å²) >= 11 is 0. The molecule has 158 valence electrons. The first-order chi connectivity index (χ1) is 14.5. The SMILES string of the molecule is N[C@H]1CCN(C(=O)C2CCC(NC(=O)c3ccc(-c4cccc(F)c4)nc3)CC2)C1. The second-order valence-electron chi connectivity index (χ2n) is 8.30. The van der Waals surface area contributed by atoms with Crippen molar-refractivity contribution in [3.63, 3.8) is 0 Å². The third-order valence-electron chi connectivity index (χ3n) is 6.09. The van der Waals surface area contributed by atoms with Crippen molar-refractivity contribution in [3.8, 4) is 11.3 Å². The molecule has 7 heteroatoms. The average Bonchev–Trinajstić information content (AvgIpc) is 3.20. The lowest BCUT2D eigenvalue weighted by Gasteiger charge is -2.31. The lowest BCUT2D eigenvalue weighted by atomic mass is 9.85. The van der Waals surface area contributed by atoms with Crippen molar-refractivity contribution in [1.29, 1.82) is 0 Å². The molecule has 1 saturated heterocycles. The fourth-order valence-corrected chi connectivity index (χ4v) is 4.35. The lowest BCUT2D eigenvalue weighted by Crippen LogP contribution is -2.42. The fraction of sp³-hybridized carbons (Fsp3) is 0.435. The Morgan fingerprint density at radius 3 is 2.53 bits per heavy atom. The van der Waals surface area contributed by atoms with Crippen LogP contribution in [0.5, 0.6) is 0 Å². The molecule has 1 saturated carbocycles. The molecule has 1 aromatic heterocycles. The number of pyridine rings is 1. The predicted octanol–water partition coefficient (Wildman–Crippen LogP) is 2.74. The molecule has 2 aliphatic rings. The molecule has 2 heterocycles. The molecule has 3 N–H and O–H groups in total. The number of nitrogens with two attached hydrogens (primary N) is 1. The summed E-state index contributed by atoms with van der Waals surface area (Å²) in [7, 11) is 0. The Morgan fingerprint density at radius 2 is 1.90 bits per heavy atom. The van der Waals surface area contributed by atoms with Gasteiger partial charge in [0.25, 0.3) is 5.91 Å². The van der Waals surface area contributed by atoms with Crippen molar-refractivity contribution in [2.45, 2.75) is 44.2 Å². The van der Waals surface area contributed by atoms with Gasteiger partial charge in [0.1, 0.15) is 5.82 Å². The zero-order chi connectivity index (χ0) is 21.1. The zero-order valence-corrected chi connectivity index (χ0v) is 16.9. The molecule has 0 bridgehead atoms. The van der Waals surface area contributed by atoms with Crippen molar-refractivity contribution in [2.75, 3.05) is 13.1 Å². The fourth-order valence-electron chi connectivity index (χ4n) is 4.35. The largest absolute Gasteiger partial charge is 0.349 e. The van der Waals surface area contributed by atoms with Gasteiger partial charge in [-0.05, 0) is 56.4 Å². The molecular weight excluding hydrogens is 383 g/mol. The number of hydrogen-bond acceptors (Lipinski definition) is 4. The summed E-state index contributed by atoms with van der Waals surface area (Å²) in [6.07, 6.45) is 5.54. The van der Waals surface area contributed by atoms with Gasteiger partial charge in [-0.1, -0.05) is 12.1 Å². The van der Waals surface area contributed by atoms with E-state index in [0.717, 1.165) is 38.6 Å². The smallest absolute Gasteiger partial charge is 0.253 e. The second-order valence-corrected chi connectivity index (χ2v) is 8.30.